The molecule has 27 heavy (non-hydrogen) atoms. The molecule has 3 rings (SSSR count). The van der Waals surface area contributed by atoms with Crippen molar-refractivity contribution in [3.05, 3.63) is 71.8 Å². The van der Waals surface area contributed by atoms with Crippen molar-refractivity contribution < 1.29 is 27.9 Å². The average molecular weight is 374 g/mol. The fourth-order valence-corrected chi connectivity index (χ4v) is 2.58. The van der Waals surface area contributed by atoms with Crippen LogP contribution in [-0.4, -0.2) is 17.1 Å². The summed E-state index contributed by atoms with van der Waals surface area (Å²) in [6.07, 6.45) is -4.54. The standard InChI is InChI=1S/C19H13F3N2O3/c20-19(21,22)13-6-3-7-14(10-13)23-18(27)24-16-9-12-5-2-1-4-11(12)8-15(16)17(25)26/h1-10H,(H,25,26)(H2,23,24,27). The fraction of sp³-hybridized carbons (Fsp3) is 0.0526. The van der Waals surface area contributed by atoms with Gasteiger partial charge in [-0.2, -0.15) is 13.2 Å². The average Bonchev–Trinajstić information content (AvgIpc) is 2.60. The Morgan fingerprint density at radius 3 is 2.15 bits per heavy atom. The van der Waals surface area contributed by atoms with Crippen LogP contribution in [0, 0.1) is 0 Å². The van der Waals surface area contributed by atoms with E-state index in [0.717, 1.165) is 18.2 Å². The highest BCUT2D eigenvalue weighted by Gasteiger charge is 2.30. The predicted molar refractivity (Wildman–Crippen MR) is 95.0 cm³/mol. The summed E-state index contributed by atoms with van der Waals surface area (Å²) in [7, 11) is 0. The van der Waals surface area contributed by atoms with Gasteiger partial charge in [-0.05, 0) is 41.1 Å². The van der Waals surface area contributed by atoms with E-state index in [0.29, 0.717) is 10.8 Å². The predicted octanol–water partition coefficient (Wildman–Crippen LogP) is 5.20. The Hall–Kier alpha value is -3.55. The summed E-state index contributed by atoms with van der Waals surface area (Å²) < 4.78 is 38.2. The quantitative estimate of drug-likeness (QED) is 0.590. The van der Waals surface area contributed by atoms with E-state index in [1.807, 2.05) is 0 Å². The first-order valence-corrected chi connectivity index (χ1v) is 7.75. The van der Waals surface area contributed by atoms with Crippen molar-refractivity contribution in [2.24, 2.45) is 0 Å². The molecule has 5 nitrogen and oxygen atoms in total. The summed E-state index contributed by atoms with van der Waals surface area (Å²) in [6.45, 7) is 0. The number of aromatic carboxylic acids is 1. The van der Waals surface area contributed by atoms with Crippen molar-refractivity contribution in [3.8, 4) is 0 Å². The molecule has 0 saturated carbocycles. The summed E-state index contributed by atoms with van der Waals surface area (Å²) in [5.74, 6) is -1.24. The second-order valence-corrected chi connectivity index (χ2v) is 5.71. The van der Waals surface area contributed by atoms with Crippen LogP contribution in [0.15, 0.2) is 60.7 Å². The van der Waals surface area contributed by atoms with Crippen molar-refractivity contribution in [1.29, 1.82) is 0 Å². The third kappa shape index (κ3) is 4.17. The molecule has 0 radical (unpaired) electrons. The molecule has 0 atom stereocenters. The van der Waals surface area contributed by atoms with E-state index in [1.54, 1.807) is 24.3 Å². The first kappa shape index (κ1) is 18.2. The summed E-state index contributed by atoms with van der Waals surface area (Å²) in [5.41, 5.74) is -1.07. The molecule has 0 fully saturated rings. The molecule has 0 saturated heterocycles. The first-order valence-electron chi connectivity index (χ1n) is 7.75. The molecule has 0 aliphatic heterocycles. The van der Waals surface area contributed by atoms with Gasteiger partial charge in [-0.3, -0.25) is 0 Å². The lowest BCUT2D eigenvalue weighted by Gasteiger charge is -2.13. The zero-order chi connectivity index (χ0) is 19.6. The van der Waals surface area contributed by atoms with Gasteiger partial charge >= 0.3 is 18.2 Å². The van der Waals surface area contributed by atoms with Gasteiger partial charge in [0.25, 0.3) is 0 Å². The van der Waals surface area contributed by atoms with Crippen LogP contribution in [0.3, 0.4) is 0 Å². The molecule has 0 heterocycles. The lowest BCUT2D eigenvalue weighted by Crippen LogP contribution is -2.21. The molecule has 0 unspecified atom stereocenters. The van der Waals surface area contributed by atoms with Crippen LogP contribution in [0.1, 0.15) is 15.9 Å². The van der Waals surface area contributed by atoms with Crippen LogP contribution in [0.25, 0.3) is 10.8 Å². The van der Waals surface area contributed by atoms with Crippen molar-refractivity contribution in [2.45, 2.75) is 6.18 Å². The second-order valence-electron chi connectivity index (χ2n) is 5.71. The van der Waals surface area contributed by atoms with Gasteiger partial charge in [-0.1, -0.05) is 30.3 Å². The lowest BCUT2D eigenvalue weighted by molar-refractivity contribution is -0.137. The van der Waals surface area contributed by atoms with E-state index < -0.39 is 23.7 Å². The molecule has 3 aromatic rings. The van der Waals surface area contributed by atoms with Gasteiger partial charge in [0.2, 0.25) is 0 Å². The molecule has 3 aromatic carbocycles. The van der Waals surface area contributed by atoms with Gasteiger partial charge in [-0.25, -0.2) is 9.59 Å². The highest BCUT2D eigenvalue weighted by Crippen LogP contribution is 2.31. The largest absolute Gasteiger partial charge is 0.478 e. The number of nitrogens with one attached hydrogen (secondary N) is 2. The number of carbonyl (C=O) groups excluding carboxylic acids is 1. The molecule has 0 aromatic heterocycles. The number of hydrogen-bond acceptors (Lipinski definition) is 2. The molecule has 8 heteroatoms. The number of halogens is 3. The number of urea groups is 1. The molecule has 0 aliphatic carbocycles. The van der Waals surface area contributed by atoms with E-state index in [-0.39, 0.29) is 16.9 Å². The Morgan fingerprint density at radius 2 is 1.52 bits per heavy atom. The number of carbonyl (C=O) groups is 2. The van der Waals surface area contributed by atoms with Crippen molar-refractivity contribution in [1.82, 2.24) is 0 Å². The minimum atomic E-state index is -4.54. The molecule has 0 bridgehead atoms. The first-order chi connectivity index (χ1) is 12.7. The summed E-state index contributed by atoms with van der Waals surface area (Å²) in [4.78, 5) is 23.6. The topological polar surface area (TPSA) is 78.4 Å². The van der Waals surface area contributed by atoms with Crippen LogP contribution in [0.4, 0.5) is 29.3 Å². The minimum Gasteiger partial charge on any atom is -0.478 e. The monoisotopic (exact) mass is 374 g/mol. The molecular weight excluding hydrogens is 361 g/mol. The van der Waals surface area contributed by atoms with Gasteiger partial charge in [0, 0.05) is 5.69 Å². The Bertz CT molecular complexity index is 1030. The normalized spacial score (nSPS) is 11.2. The molecule has 138 valence electrons. The smallest absolute Gasteiger partial charge is 0.416 e. The van der Waals surface area contributed by atoms with Crippen LogP contribution < -0.4 is 10.6 Å². The number of alkyl halides is 3. The third-order valence-electron chi connectivity index (χ3n) is 3.81. The third-order valence-corrected chi connectivity index (χ3v) is 3.81. The number of carboxylic acids is 1. The molecule has 3 N–H and O–H groups in total. The van der Waals surface area contributed by atoms with Gasteiger partial charge in [-0.15, -0.1) is 0 Å². The van der Waals surface area contributed by atoms with E-state index in [9.17, 15) is 27.9 Å². The van der Waals surface area contributed by atoms with E-state index in [4.69, 9.17) is 0 Å². The van der Waals surface area contributed by atoms with Crippen molar-refractivity contribution in [2.75, 3.05) is 10.6 Å². The Labute approximate surface area is 151 Å². The van der Waals surface area contributed by atoms with Crippen LogP contribution >= 0.6 is 0 Å². The van der Waals surface area contributed by atoms with Gasteiger partial charge < -0.3 is 15.7 Å². The van der Waals surface area contributed by atoms with Crippen LogP contribution in [0.2, 0.25) is 0 Å². The van der Waals surface area contributed by atoms with E-state index in [1.165, 1.54) is 18.2 Å². The number of anilines is 2. The molecule has 0 spiro atoms. The van der Waals surface area contributed by atoms with Gasteiger partial charge in [0.15, 0.2) is 0 Å². The molecular formula is C19H13F3N2O3. The zero-order valence-electron chi connectivity index (χ0n) is 13.7. The lowest BCUT2D eigenvalue weighted by atomic mass is 10.0. The van der Waals surface area contributed by atoms with Gasteiger partial charge in [0.05, 0.1) is 16.8 Å². The number of rotatable bonds is 3. The minimum absolute atomic E-state index is 0.0330. The summed E-state index contributed by atoms with van der Waals surface area (Å²) in [6, 6.07) is 13.2. The highest BCUT2D eigenvalue weighted by molar-refractivity contribution is 6.07. The van der Waals surface area contributed by atoms with Crippen molar-refractivity contribution >= 4 is 34.1 Å². The Balaban J connectivity index is 1.86. The number of hydrogen-bond donors (Lipinski definition) is 3. The summed E-state index contributed by atoms with van der Waals surface area (Å²) in [5, 5.41) is 15.4. The zero-order valence-corrected chi connectivity index (χ0v) is 13.7. The highest BCUT2D eigenvalue weighted by atomic mass is 19.4. The fourth-order valence-electron chi connectivity index (χ4n) is 2.58. The van der Waals surface area contributed by atoms with Crippen molar-refractivity contribution in [3.63, 3.8) is 0 Å². The maximum absolute atomic E-state index is 12.7. The number of benzene rings is 3. The maximum atomic E-state index is 12.7. The van der Waals surface area contributed by atoms with Crippen LogP contribution in [-0.2, 0) is 6.18 Å². The Kier molecular flexibility index (Phi) is 4.72. The SMILES string of the molecule is O=C(Nc1cccc(C(F)(F)F)c1)Nc1cc2ccccc2cc1C(=O)O. The maximum Gasteiger partial charge on any atom is 0.416 e. The second kappa shape index (κ2) is 6.99. The molecule has 0 aliphatic rings. The van der Waals surface area contributed by atoms with E-state index >= 15 is 0 Å². The number of carboxylic acid groups (broad SMARTS) is 1. The number of amides is 2. The summed E-state index contributed by atoms with van der Waals surface area (Å²) >= 11 is 0. The van der Waals surface area contributed by atoms with Crippen LogP contribution in [0.5, 0.6) is 0 Å². The number of fused-ring (bicyclic) bond motifs is 1. The van der Waals surface area contributed by atoms with Gasteiger partial charge in [0.1, 0.15) is 0 Å². The van der Waals surface area contributed by atoms with E-state index in [2.05, 4.69) is 10.6 Å². The Morgan fingerprint density at radius 1 is 0.852 bits per heavy atom. The molecule has 2 amide bonds.